The number of ether oxygens (including phenoxy) is 1. The summed E-state index contributed by atoms with van der Waals surface area (Å²) in [5, 5.41) is 3.86. The van der Waals surface area contributed by atoms with Gasteiger partial charge in [0, 0.05) is 15.8 Å². The second-order valence-corrected chi connectivity index (χ2v) is 7.67. The fraction of sp³-hybridized carbons (Fsp3) is 0.444. The lowest BCUT2D eigenvalue weighted by Crippen LogP contribution is -2.52. The zero-order valence-electron chi connectivity index (χ0n) is 15.4. The largest absolute Gasteiger partial charge is 0.489 e. The van der Waals surface area contributed by atoms with E-state index < -0.39 is 6.04 Å². The van der Waals surface area contributed by atoms with Gasteiger partial charge in [0.05, 0.1) is 12.6 Å². The van der Waals surface area contributed by atoms with Crippen molar-refractivity contribution in [1.82, 2.24) is 10.3 Å². The van der Waals surface area contributed by atoms with Crippen molar-refractivity contribution in [2.75, 3.05) is 19.4 Å². The molecule has 2 rings (SSSR count). The molecule has 2 aromatic rings. The van der Waals surface area contributed by atoms with Crippen molar-refractivity contribution >= 4 is 53.4 Å². The summed E-state index contributed by atoms with van der Waals surface area (Å²) in [7, 11) is 0. The number of benzene rings is 1. The SMILES string of the molecule is CSC(C)(C)[C@H](N)C(=O)NCCOc1cccc2ccc(C)nc12.Cl.Cl. The lowest BCUT2D eigenvalue weighted by Gasteiger charge is -2.28. The van der Waals surface area contributed by atoms with Crippen LogP contribution in [0.5, 0.6) is 5.75 Å². The maximum Gasteiger partial charge on any atom is 0.238 e. The Balaban J connectivity index is 0.00000312. The van der Waals surface area contributed by atoms with E-state index in [9.17, 15) is 4.79 Å². The molecular weight excluding hydrogens is 393 g/mol. The molecule has 0 saturated carbocycles. The number of rotatable bonds is 7. The maximum atomic E-state index is 12.1. The van der Waals surface area contributed by atoms with Crippen LogP contribution in [-0.4, -0.2) is 41.1 Å². The summed E-state index contributed by atoms with van der Waals surface area (Å²) in [4.78, 5) is 16.6. The molecule has 0 radical (unpaired) electrons. The Morgan fingerprint density at radius 1 is 1.31 bits per heavy atom. The van der Waals surface area contributed by atoms with Gasteiger partial charge in [0.1, 0.15) is 17.9 Å². The Morgan fingerprint density at radius 2 is 2.00 bits per heavy atom. The molecule has 1 amide bonds. The summed E-state index contributed by atoms with van der Waals surface area (Å²) in [5.74, 6) is 0.559. The first-order valence-electron chi connectivity index (χ1n) is 7.93. The molecule has 26 heavy (non-hydrogen) atoms. The predicted octanol–water partition coefficient (Wildman–Crippen LogP) is 3.35. The Bertz CT molecular complexity index is 729. The lowest BCUT2D eigenvalue weighted by molar-refractivity contribution is -0.122. The van der Waals surface area contributed by atoms with Crippen LogP contribution in [0.15, 0.2) is 30.3 Å². The van der Waals surface area contributed by atoms with Crippen molar-refractivity contribution in [1.29, 1.82) is 0 Å². The van der Waals surface area contributed by atoms with Gasteiger partial charge in [0.2, 0.25) is 5.91 Å². The molecule has 0 aliphatic carbocycles. The summed E-state index contributed by atoms with van der Waals surface area (Å²) in [6, 6.07) is 9.26. The minimum atomic E-state index is -0.561. The van der Waals surface area contributed by atoms with E-state index in [1.54, 1.807) is 11.8 Å². The highest BCUT2D eigenvalue weighted by Gasteiger charge is 2.30. The monoisotopic (exact) mass is 419 g/mol. The molecule has 1 atom stereocenters. The Kier molecular flexibility index (Phi) is 10.3. The molecule has 1 aromatic carbocycles. The van der Waals surface area contributed by atoms with Gasteiger partial charge < -0.3 is 15.8 Å². The fourth-order valence-corrected chi connectivity index (χ4v) is 2.58. The van der Waals surface area contributed by atoms with Crippen LogP contribution in [0, 0.1) is 6.92 Å². The van der Waals surface area contributed by atoms with Gasteiger partial charge in [-0.1, -0.05) is 18.2 Å². The van der Waals surface area contributed by atoms with E-state index in [0.717, 1.165) is 22.3 Å². The highest BCUT2D eigenvalue weighted by Crippen LogP contribution is 2.25. The van der Waals surface area contributed by atoms with Crippen LogP contribution in [0.1, 0.15) is 19.5 Å². The normalized spacial score (nSPS) is 11.9. The zero-order valence-corrected chi connectivity index (χ0v) is 17.9. The first-order valence-corrected chi connectivity index (χ1v) is 9.15. The molecule has 0 fully saturated rings. The minimum Gasteiger partial charge on any atom is -0.489 e. The van der Waals surface area contributed by atoms with Crippen molar-refractivity contribution < 1.29 is 9.53 Å². The van der Waals surface area contributed by atoms with Crippen LogP contribution in [0.2, 0.25) is 0 Å². The summed E-state index contributed by atoms with van der Waals surface area (Å²) < 4.78 is 5.49. The predicted molar refractivity (Wildman–Crippen MR) is 115 cm³/mol. The minimum absolute atomic E-state index is 0. The second kappa shape index (κ2) is 10.8. The number of amides is 1. The van der Waals surface area contributed by atoms with Gasteiger partial charge >= 0.3 is 0 Å². The highest BCUT2D eigenvalue weighted by molar-refractivity contribution is 8.00. The van der Waals surface area contributed by atoms with Crippen molar-refractivity contribution in [2.24, 2.45) is 5.73 Å². The number of carbonyl (C=O) groups is 1. The third-order valence-corrected chi connectivity index (χ3v) is 5.34. The number of pyridine rings is 1. The van der Waals surface area contributed by atoms with Gasteiger partial charge in [0.25, 0.3) is 0 Å². The molecule has 0 bridgehead atoms. The molecule has 1 heterocycles. The quantitative estimate of drug-likeness (QED) is 0.672. The molecule has 1 aromatic heterocycles. The number of nitrogens with one attached hydrogen (secondary N) is 1. The van der Waals surface area contributed by atoms with Crippen LogP contribution < -0.4 is 15.8 Å². The van der Waals surface area contributed by atoms with Crippen molar-refractivity contribution in [3.8, 4) is 5.75 Å². The summed E-state index contributed by atoms with van der Waals surface area (Å²) in [6.45, 7) is 6.64. The zero-order chi connectivity index (χ0) is 17.7. The van der Waals surface area contributed by atoms with Crippen LogP contribution in [0.3, 0.4) is 0 Å². The molecule has 8 heteroatoms. The highest BCUT2D eigenvalue weighted by atomic mass is 35.5. The van der Waals surface area contributed by atoms with Crippen molar-refractivity contribution in [3.05, 3.63) is 36.0 Å². The topological polar surface area (TPSA) is 77.2 Å². The number of thioether (sulfide) groups is 1. The van der Waals surface area contributed by atoms with E-state index in [4.69, 9.17) is 10.5 Å². The van der Waals surface area contributed by atoms with E-state index in [0.29, 0.717) is 13.2 Å². The Morgan fingerprint density at radius 3 is 2.65 bits per heavy atom. The van der Waals surface area contributed by atoms with Crippen molar-refractivity contribution in [2.45, 2.75) is 31.6 Å². The van der Waals surface area contributed by atoms with Crippen LogP contribution in [0.25, 0.3) is 10.9 Å². The lowest BCUT2D eigenvalue weighted by atomic mass is 10.0. The number of para-hydroxylation sites is 1. The van der Waals surface area contributed by atoms with E-state index in [1.165, 1.54) is 0 Å². The number of nitrogens with two attached hydrogens (primary N) is 1. The van der Waals surface area contributed by atoms with Gasteiger partial charge in [-0.15, -0.1) is 24.8 Å². The standard InChI is InChI=1S/C18H25N3O2S.2ClH/c1-12-8-9-13-6-5-7-14(15(13)21-12)23-11-10-20-17(22)16(19)18(2,3)24-4;;/h5-9,16H,10-11,19H2,1-4H3,(H,20,22);2*1H/t16-;;/m1../s1. The number of aromatic nitrogens is 1. The molecule has 3 N–H and O–H groups in total. The Hall–Kier alpha value is -1.21. The van der Waals surface area contributed by atoms with Crippen LogP contribution in [0.4, 0.5) is 0 Å². The number of hydrogen-bond donors (Lipinski definition) is 2. The average Bonchev–Trinajstić information content (AvgIpc) is 2.57. The molecule has 0 unspecified atom stereocenters. The van der Waals surface area contributed by atoms with E-state index in [-0.39, 0.29) is 35.5 Å². The first-order chi connectivity index (χ1) is 11.3. The number of carbonyl (C=O) groups excluding carboxylic acids is 1. The fourth-order valence-electron chi connectivity index (χ4n) is 2.22. The third kappa shape index (κ3) is 6.20. The Labute approximate surface area is 171 Å². The smallest absolute Gasteiger partial charge is 0.238 e. The summed E-state index contributed by atoms with van der Waals surface area (Å²) in [6.07, 6.45) is 1.95. The third-order valence-electron chi connectivity index (χ3n) is 4.04. The summed E-state index contributed by atoms with van der Waals surface area (Å²) in [5.41, 5.74) is 7.79. The van der Waals surface area contributed by atoms with Gasteiger partial charge in [-0.2, -0.15) is 11.8 Å². The molecule has 0 aliphatic rings. The number of nitrogens with zero attached hydrogens (tertiary/aromatic N) is 1. The molecule has 0 saturated heterocycles. The second-order valence-electron chi connectivity index (χ2n) is 6.21. The molecular formula is C18H27Cl2N3O2S. The van der Waals surface area contributed by atoms with Gasteiger partial charge in [-0.25, -0.2) is 4.98 Å². The van der Waals surface area contributed by atoms with Crippen LogP contribution >= 0.6 is 36.6 Å². The maximum absolute atomic E-state index is 12.1. The molecule has 0 aliphatic heterocycles. The number of halogens is 2. The number of fused-ring (bicyclic) bond motifs is 1. The number of hydrogen-bond acceptors (Lipinski definition) is 5. The summed E-state index contributed by atoms with van der Waals surface area (Å²) >= 11 is 1.58. The molecule has 0 spiro atoms. The average molecular weight is 420 g/mol. The van der Waals surface area contributed by atoms with Gasteiger partial charge in [-0.3, -0.25) is 4.79 Å². The van der Waals surface area contributed by atoms with Crippen LogP contribution in [-0.2, 0) is 4.79 Å². The van der Waals surface area contributed by atoms with E-state index >= 15 is 0 Å². The first kappa shape index (κ1) is 24.8. The van der Waals surface area contributed by atoms with E-state index in [2.05, 4.69) is 10.3 Å². The van der Waals surface area contributed by atoms with Gasteiger partial charge in [0.15, 0.2) is 0 Å². The molecule has 5 nitrogen and oxygen atoms in total. The van der Waals surface area contributed by atoms with Crippen molar-refractivity contribution in [3.63, 3.8) is 0 Å². The van der Waals surface area contributed by atoms with E-state index in [1.807, 2.05) is 57.4 Å². The van der Waals surface area contributed by atoms with Gasteiger partial charge in [-0.05, 0) is 39.2 Å². The molecule has 146 valence electrons. The number of aryl methyl sites for hydroxylation is 1.